The summed E-state index contributed by atoms with van der Waals surface area (Å²) in [6.45, 7) is 0. The van der Waals surface area contributed by atoms with E-state index in [1.54, 1.807) is 0 Å². The second-order valence-corrected chi connectivity index (χ2v) is 1.78. The first-order valence-corrected chi connectivity index (χ1v) is 2.69. The Morgan fingerprint density at radius 1 is 1.17 bits per heavy atom. The normalized spacial score (nSPS) is 7.67. The molecule has 0 unspecified atom stereocenters. The van der Waals surface area contributed by atoms with E-state index in [-0.39, 0.29) is 43.3 Å². The average Bonchev–Trinajstić information content (AvgIpc) is 1.88. The zero-order chi connectivity index (χ0) is 7.56. The number of carbonyl (C=O) groups excluding carboxylic acids is 1. The number of carboxylic acid groups (broad SMARTS) is 1. The predicted octanol–water partition coefficient (Wildman–Crippen LogP) is -6.87. The topological polar surface area (TPSA) is 63.2 Å². The van der Waals surface area contributed by atoms with Crippen molar-refractivity contribution in [2.45, 2.75) is 0 Å². The van der Waals surface area contributed by atoms with E-state index in [1.165, 1.54) is 24.3 Å². The van der Waals surface area contributed by atoms with E-state index in [0.717, 1.165) is 0 Å². The number of para-hydroxylation sites is 1. The quantitative estimate of drug-likeness (QED) is 0.374. The fourth-order valence-electron chi connectivity index (χ4n) is 0.635. The Morgan fingerprint density at radius 3 is 2.00 bits per heavy atom. The van der Waals surface area contributed by atoms with Crippen molar-refractivity contribution in [3.8, 4) is 5.75 Å². The summed E-state index contributed by atoms with van der Waals surface area (Å²) in [4.78, 5) is 10.1. The summed E-state index contributed by atoms with van der Waals surface area (Å²) in [5.74, 6) is -1.94. The first kappa shape index (κ1) is 14.2. The van der Waals surface area contributed by atoms with Gasteiger partial charge in [0.25, 0.3) is 0 Å². The van der Waals surface area contributed by atoms with Crippen LogP contribution in [0.15, 0.2) is 24.3 Å². The fourth-order valence-corrected chi connectivity index (χ4v) is 0.635. The van der Waals surface area contributed by atoms with Crippen molar-refractivity contribution in [1.29, 1.82) is 0 Å². The van der Waals surface area contributed by atoms with Gasteiger partial charge in [-0.2, -0.15) is 0 Å². The molecular formula is C7H4Li2O3. The van der Waals surface area contributed by atoms with Gasteiger partial charge in [-0.1, -0.05) is 30.0 Å². The minimum atomic E-state index is -1.43. The maximum Gasteiger partial charge on any atom is 1.00 e. The molecular weight excluding hydrogens is 146 g/mol. The minimum absolute atomic E-state index is 0. The van der Waals surface area contributed by atoms with Gasteiger partial charge in [0.1, 0.15) is 0 Å². The summed E-state index contributed by atoms with van der Waals surface area (Å²) in [7, 11) is 0. The number of benzene rings is 1. The number of aromatic carboxylic acids is 1. The minimum Gasteiger partial charge on any atom is -0.872 e. The van der Waals surface area contributed by atoms with Crippen LogP contribution in [0.2, 0.25) is 0 Å². The molecule has 0 saturated carbocycles. The molecule has 0 radical (unpaired) electrons. The molecule has 0 amide bonds. The molecule has 0 aliphatic rings. The van der Waals surface area contributed by atoms with Crippen molar-refractivity contribution in [1.82, 2.24) is 0 Å². The molecule has 3 nitrogen and oxygen atoms in total. The molecule has 52 valence electrons. The van der Waals surface area contributed by atoms with Crippen molar-refractivity contribution < 1.29 is 52.7 Å². The van der Waals surface area contributed by atoms with Gasteiger partial charge >= 0.3 is 37.7 Å². The second-order valence-electron chi connectivity index (χ2n) is 1.78. The first-order chi connectivity index (χ1) is 4.72. The van der Waals surface area contributed by atoms with Gasteiger partial charge < -0.3 is 15.0 Å². The standard InChI is InChI=1S/C7H6O3.2Li/c8-6-4-2-1-3-5(6)7(9)10;;/h1-4,8H,(H,9,10);;/q;2*+1/p-2. The van der Waals surface area contributed by atoms with Crippen molar-refractivity contribution >= 4 is 5.97 Å². The Morgan fingerprint density at radius 2 is 1.67 bits per heavy atom. The number of hydrogen-bond donors (Lipinski definition) is 0. The van der Waals surface area contributed by atoms with Crippen LogP contribution >= 0.6 is 0 Å². The van der Waals surface area contributed by atoms with Crippen LogP contribution in [0.4, 0.5) is 0 Å². The van der Waals surface area contributed by atoms with Gasteiger partial charge in [0.05, 0.1) is 5.97 Å². The Balaban J connectivity index is 0. The van der Waals surface area contributed by atoms with E-state index in [9.17, 15) is 15.0 Å². The summed E-state index contributed by atoms with van der Waals surface area (Å²) in [5, 5.41) is 20.8. The number of carboxylic acids is 1. The monoisotopic (exact) mass is 150 g/mol. The molecule has 0 spiro atoms. The summed E-state index contributed by atoms with van der Waals surface area (Å²) < 4.78 is 0. The maximum absolute atomic E-state index is 10.6. The van der Waals surface area contributed by atoms with Crippen LogP contribution in [-0.4, -0.2) is 5.97 Å². The summed E-state index contributed by atoms with van der Waals surface area (Å²) in [6.07, 6.45) is 0. The molecule has 0 fully saturated rings. The molecule has 1 rings (SSSR count). The maximum atomic E-state index is 10.6. The third-order valence-electron chi connectivity index (χ3n) is 1.11. The van der Waals surface area contributed by atoms with E-state index in [2.05, 4.69) is 0 Å². The van der Waals surface area contributed by atoms with E-state index < -0.39 is 11.7 Å². The van der Waals surface area contributed by atoms with Gasteiger partial charge in [-0.05, 0) is 5.56 Å². The zero-order valence-electron chi connectivity index (χ0n) is 7.03. The van der Waals surface area contributed by atoms with Crippen LogP contribution in [0.5, 0.6) is 5.75 Å². The average molecular weight is 150 g/mol. The molecule has 0 saturated heterocycles. The number of carbonyl (C=O) groups is 1. The summed E-state index contributed by atoms with van der Waals surface area (Å²) in [6, 6.07) is 5.37. The Bertz CT molecular complexity index is 263. The van der Waals surface area contributed by atoms with E-state index in [4.69, 9.17) is 0 Å². The molecule has 0 N–H and O–H groups in total. The van der Waals surface area contributed by atoms with Crippen LogP contribution < -0.4 is 47.9 Å². The number of rotatable bonds is 1. The van der Waals surface area contributed by atoms with Crippen LogP contribution in [-0.2, 0) is 0 Å². The smallest absolute Gasteiger partial charge is 0.872 e. The van der Waals surface area contributed by atoms with Crippen LogP contribution in [0.1, 0.15) is 10.4 Å². The molecule has 12 heavy (non-hydrogen) atoms. The van der Waals surface area contributed by atoms with Gasteiger partial charge in [-0.15, -0.1) is 0 Å². The Labute approximate surface area is 94.1 Å². The van der Waals surface area contributed by atoms with Crippen LogP contribution in [0.25, 0.3) is 0 Å². The van der Waals surface area contributed by atoms with E-state index in [0.29, 0.717) is 0 Å². The second kappa shape index (κ2) is 6.23. The van der Waals surface area contributed by atoms with Gasteiger partial charge in [0.2, 0.25) is 0 Å². The Kier molecular flexibility index (Phi) is 7.38. The van der Waals surface area contributed by atoms with E-state index in [1.807, 2.05) is 0 Å². The molecule has 1 aromatic carbocycles. The Hall–Kier alpha value is -0.315. The molecule has 5 heteroatoms. The van der Waals surface area contributed by atoms with Crippen molar-refractivity contribution in [3.63, 3.8) is 0 Å². The number of hydrogen-bond acceptors (Lipinski definition) is 3. The van der Waals surface area contributed by atoms with Gasteiger partial charge in [-0.3, -0.25) is 0 Å². The largest absolute Gasteiger partial charge is 1.00 e. The molecule has 0 aliphatic carbocycles. The van der Waals surface area contributed by atoms with Gasteiger partial charge in [-0.25, -0.2) is 0 Å². The molecule has 0 aliphatic heterocycles. The summed E-state index contributed by atoms with van der Waals surface area (Å²) >= 11 is 0. The summed E-state index contributed by atoms with van der Waals surface area (Å²) in [5.41, 5.74) is -0.289. The molecule has 0 bridgehead atoms. The van der Waals surface area contributed by atoms with Gasteiger partial charge in [0, 0.05) is 0 Å². The third kappa shape index (κ3) is 3.39. The van der Waals surface area contributed by atoms with Crippen molar-refractivity contribution in [3.05, 3.63) is 29.8 Å². The fraction of sp³-hybridized carbons (Fsp3) is 0. The molecule has 0 atom stereocenters. The van der Waals surface area contributed by atoms with Gasteiger partial charge in [0.15, 0.2) is 0 Å². The van der Waals surface area contributed by atoms with E-state index >= 15 is 0 Å². The first-order valence-electron chi connectivity index (χ1n) is 2.69. The zero-order valence-corrected chi connectivity index (χ0v) is 7.03. The third-order valence-corrected chi connectivity index (χ3v) is 1.11. The molecule has 0 heterocycles. The van der Waals surface area contributed by atoms with Crippen LogP contribution in [0.3, 0.4) is 0 Å². The molecule has 0 aromatic heterocycles. The predicted molar refractivity (Wildman–Crippen MR) is 30.2 cm³/mol. The van der Waals surface area contributed by atoms with Crippen LogP contribution in [0, 0.1) is 0 Å². The molecule has 1 aromatic rings. The van der Waals surface area contributed by atoms with Crippen molar-refractivity contribution in [2.24, 2.45) is 0 Å². The van der Waals surface area contributed by atoms with Crippen molar-refractivity contribution in [2.75, 3.05) is 0 Å². The SMILES string of the molecule is O=C([O-])c1ccccc1[O-].[Li+].[Li+].